The van der Waals surface area contributed by atoms with E-state index in [0.29, 0.717) is 25.9 Å². The molecule has 69 heavy (non-hydrogen) atoms. The first-order valence-corrected chi connectivity index (χ1v) is 31.4. The highest BCUT2D eigenvalue weighted by Gasteiger charge is 2.20. The number of aliphatic hydroxyl groups excluding tert-OH is 2. The predicted molar refractivity (Wildman–Crippen MR) is 301 cm³/mol. The van der Waals surface area contributed by atoms with Crippen LogP contribution in [-0.4, -0.2) is 47.4 Å². The lowest BCUT2D eigenvalue weighted by atomic mass is 10.0. The van der Waals surface area contributed by atoms with Crippen molar-refractivity contribution in [2.24, 2.45) is 0 Å². The first-order chi connectivity index (χ1) is 34.0. The van der Waals surface area contributed by atoms with Crippen molar-refractivity contribution < 1.29 is 24.5 Å². The minimum Gasteiger partial charge on any atom is -0.466 e. The number of ether oxygens (including phenoxy) is 1. The molecule has 6 nitrogen and oxygen atoms in total. The number of nitrogens with one attached hydrogen (secondary N) is 1. The van der Waals surface area contributed by atoms with Crippen LogP contribution in [0.25, 0.3) is 0 Å². The van der Waals surface area contributed by atoms with Gasteiger partial charge < -0.3 is 20.3 Å². The summed E-state index contributed by atoms with van der Waals surface area (Å²) in [5, 5.41) is 23.2. The number of amides is 1. The summed E-state index contributed by atoms with van der Waals surface area (Å²) in [4.78, 5) is 24.5. The Balaban J connectivity index is 3.33. The summed E-state index contributed by atoms with van der Waals surface area (Å²) in [6.07, 6.45) is 70.9. The van der Waals surface area contributed by atoms with E-state index in [9.17, 15) is 19.8 Å². The molecule has 0 saturated heterocycles. The number of hydrogen-bond donors (Lipinski definition) is 3. The summed E-state index contributed by atoms with van der Waals surface area (Å²) in [5.74, 6) is -0.0210. The van der Waals surface area contributed by atoms with Gasteiger partial charge in [-0.05, 0) is 51.4 Å². The Bertz CT molecular complexity index is 1030. The van der Waals surface area contributed by atoms with Crippen molar-refractivity contribution >= 4 is 11.9 Å². The zero-order valence-electron chi connectivity index (χ0n) is 46.8. The largest absolute Gasteiger partial charge is 0.466 e. The molecule has 0 heterocycles. The van der Waals surface area contributed by atoms with Crippen LogP contribution in [0.2, 0.25) is 0 Å². The fourth-order valence-electron chi connectivity index (χ4n) is 9.99. The highest BCUT2D eigenvalue weighted by molar-refractivity contribution is 5.76. The van der Waals surface area contributed by atoms with Gasteiger partial charge in [-0.3, -0.25) is 9.59 Å². The number of unbranched alkanes of at least 4 members (excludes halogenated alkanes) is 46. The summed E-state index contributed by atoms with van der Waals surface area (Å²) < 4.78 is 5.50. The zero-order valence-corrected chi connectivity index (χ0v) is 46.8. The first kappa shape index (κ1) is 67.6. The van der Waals surface area contributed by atoms with E-state index >= 15 is 0 Å². The maximum Gasteiger partial charge on any atom is 0.305 e. The van der Waals surface area contributed by atoms with Crippen LogP contribution in [0.5, 0.6) is 0 Å². The van der Waals surface area contributed by atoms with Crippen LogP contribution >= 0.6 is 0 Å². The zero-order chi connectivity index (χ0) is 50.0. The molecule has 0 fully saturated rings. The van der Waals surface area contributed by atoms with E-state index < -0.39 is 12.1 Å². The maximum atomic E-state index is 12.4. The van der Waals surface area contributed by atoms with Crippen LogP contribution in [0.1, 0.15) is 354 Å². The summed E-state index contributed by atoms with van der Waals surface area (Å²) in [5.41, 5.74) is 0. The van der Waals surface area contributed by atoms with E-state index in [-0.39, 0.29) is 18.5 Å². The summed E-state index contributed by atoms with van der Waals surface area (Å²) in [6, 6.07) is -0.539. The van der Waals surface area contributed by atoms with Gasteiger partial charge in [0, 0.05) is 12.8 Å². The summed E-state index contributed by atoms with van der Waals surface area (Å²) in [6.45, 7) is 4.96. The van der Waals surface area contributed by atoms with Crippen molar-refractivity contribution in [2.75, 3.05) is 13.2 Å². The Hall–Kier alpha value is -1.40. The van der Waals surface area contributed by atoms with Gasteiger partial charge in [-0.15, -0.1) is 0 Å². The van der Waals surface area contributed by atoms with Crippen molar-refractivity contribution in [1.82, 2.24) is 5.32 Å². The van der Waals surface area contributed by atoms with Crippen molar-refractivity contribution in [3.05, 3.63) is 12.2 Å². The molecule has 0 aromatic rings. The quantitative estimate of drug-likeness (QED) is 0.0321. The van der Waals surface area contributed by atoms with Gasteiger partial charge in [0.2, 0.25) is 5.91 Å². The smallest absolute Gasteiger partial charge is 0.305 e. The minimum absolute atomic E-state index is 0.0135. The second-order valence-corrected chi connectivity index (χ2v) is 21.7. The number of allylic oxidation sites excluding steroid dienone is 2. The molecule has 0 aliphatic heterocycles. The van der Waals surface area contributed by atoms with Gasteiger partial charge in [0.05, 0.1) is 25.4 Å². The van der Waals surface area contributed by atoms with E-state index in [4.69, 9.17) is 4.74 Å². The summed E-state index contributed by atoms with van der Waals surface area (Å²) in [7, 11) is 0. The highest BCUT2D eigenvalue weighted by Crippen LogP contribution is 2.18. The van der Waals surface area contributed by atoms with Crippen molar-refractivity contribution in [3.8, 4) is 0 Å². The molecule has 0 radical (unpaired) electrons. The van der Waals surface area contributed by atoms with Gasteiger partial charge >= 0.3 is 5.97 Å². The Morgan fingerprint density at radius 2 is 0.681 bits per heavy atom. The molecule has 2 unspecified atom stereocenters. The van der Waals surface area contributed by atoms with Gasteiger partial charge in [0.1, 0.15) is 0 Å². The molecule has 0 rings (SSSR count). The SMILES string of the molecule is CCCCCCCC/C=C\CCCCCCCCCCCC(=O)OCCCCCCCCCCCCCCCCCCCCCCCCC(=O)NC(CO)C(O)CCCCCCCCCCCCC. The van der Waals surface area contributed by atoms with Gasteiger partial charge in [0.15, 0.2) is 0 Å². The van der Waals surface area contributed by atoms with Crippen LogP contribution in [0, 0.1) is 0 Å². The average molecular weight is 975 g/mol. The molecule has 1 amide bonds. The molecule has 0 aliphatic carbocycles. The van der Waals surface area contributed by atoms with Crippen LogP contribution in [0.15, 0.2) is 12.2 Å². The van der Waals surface area contributed by atoms with Crippen molar-refractivity contribution in [1.29, 1.82) is 0 Å². The van der Waals surface area contributed by atoms with E-state index in [2.05, 4.69) is 31.3 Å². The second kappa shape index (κ2) is 59.2. The number of carbonyl (C=O) groups excluding carboxylic acids is 2. The first-order valence-electron chi connectivity index (χ1n) is 31.4. The van der Waals surface area contributed by atoms with E-state index in [1.165, 1.54) is 276 Å². The average Bonchev–Trinajstić information content (AvgIpc) is 3.35. The van der Waals surface area contributed by atoms with Gasteiger partial charge in [-0.2, -0.15) is 0 Å². The third-order valence-corrected chi connectivity index (χ3v) is 14.8. The molecule has 0 aromatic heterocycles. The standard InChI is InChI=1S/C63H123NO5/c1-3-5-7-9-11-13-15-16-17-18-23-27-30-33-37-41-45-49-53-57-63(68)69-58-54-50-46-42-38-34-31-28-25-22-20-19-21-24-26-29-32-36-40-44-48-52-56-62(67)64-60(59-65)61(66)55-51-47-43-39-35-14-12-10-8-6-4-2/h16-17,60-61,65-66H,3-15,18-59H2,1-2H3,(H,64,67)/b17-16-. The Labute approximate surface area is 431 Å². The van der Waals surface area contributed by atoms with Crippen LogP contribution in [0.3, 0.4) is 0 Å². The lowest BCUT2D eigenvalue weighted by Crippen LogP contribution is -2.45. The predicted octanol–water partition coefficient (Wildman–Crippen LogP) is 19.6. The van der Waals surface area contributed by atoms with Crippen LogP contribution < -0.4 is 5.32 Å². The second-order valence-electron chi connectivity index (χ2n) is 21.7. The molecule has 6 heteroatoms. The fourth-order valence-corrected chi connectivity index (χ4v) is 9.99. The van der Waals surface area contributed by atoms with Gasteiger partial charge in [-0.25, -0.2) is 0 Å². The molecule has 410 valence electrons. The van der Waals surface area contributed by atoms with Crippen LogP contribution in [-0.2, 0) is 14.3 Å². The molecule has 0 bridgehead atoms. The third-order valence-electron chi connectivity index (χ3n) is 14.8. The third kappa shape index (κ3) is 55.8. The lowest BCUT2D eigenvalue weighted by Gasteiger charge is -2.22. The maximum absolute atomic E-state index is 12.4. The van der Waals surface area contributed by atoms with Crippen LogP contribution in [0.4, 0.5) is 0 Å². The normalized spacial score (nSPS) is 12.6. The monoisotopic (exact) mass is 974 g/mol. The van der Waals surface area contributed by atoms with Gasteiger partial charge in [0.25, 0.3) is 0 Å². The number of hydrogen-bond acceptors (Lipinski definition) is 5. The van der Waals surface area contributed by atoms with Crippen molar-refractivity contribution in [3.63, 3.8) is 0 Å². The number of aliphatic hydroxyl groups is 2. The molecular formula is C63H123NO5. The number of rotatable bonds is 59. The summed E-state index contributed by atoms with van der Waals surface area (Å²) >= 11 is 0. The molecule has 3 N–H and O–H groups in total. The molecule has 0 spiro atoms. The molecular weight excluding hydrogens is 851 g/mol. The molecule has 2 atom stereocenters. The van der Waals surface area contributed by atoms with Gasteiger partial charge in [-0.1, -0.05) is 302 Å². The van der Waals surface area contributed by atoms with Crippen molar-refractivity contribution in [2.45, 2.75) is 366 Å². The highest BCUT2D eigenvalue weighted by atomic mass is 16.5. The molecule has 0 aliphatic rings. The lowest BCUT2D eigenvalue weighted by molar-refractivity contribution is -0.143. The fraction of sp³-hybridized carbons (Fsp3) is 0.937. The van der Waals surface area contributed by atoms with E-state index in [0.717, 1.165) is 44.9 Å². The minimum atomic E-state index is -0.662. The van der Waals surface area contributed by atoms with E-state index in [1.54, 1.807) is 0 Å². The van der Waals surface area contributed by atoms with E-state index in [1.807, 2.05) is 0 Å². The number of carbonyl (C=O) groups is 2. The Morgan fingerprint density at radius 3 is 1.03 bits per heavy atom. The molecule has 0 saturated carbocycles. The number of esters is 1. The molecule has 0 aromatic carbocycles. The Morgan fingerprint density at radius 1 is 0.391 bits per heavy atom. The topological polar surface area (TPSA) is 95.9 Å². The Kier molecular flexibility index (Phi) is 58.0.